The highest BCUT2D eigenvalue weighted by Crippen LogP contribution is 2.28. The third-order valence-electron chi connectivity index (χ3n) is 3.28. The molecule has 0 aliphatic heterocycles. The van der Waals surface area contributed by atoms with Gasteiger partial charge in [-0.05, 0) is 30.9 Å². The highest BCUT2D eigenvalue weighted by molar-refractivity contribution is 6.34. The molecule has 2 N–H and O–H groups in total. The molecule has 1 fully saturated rings. The van der Waals surface area contributed by atoms with Crippen molar-refractivity contribution in [1.82, 2.24) is 0 Å². The quantitative estimate of drug-likeness (QED) is 0.861. The Morgan fingerprint density at radius 2 is 2.12 bits per heavy atom. The van der Waals surface area contributed by atoms with Gasteiger partial charge in [0.15, 0.2) is 0 Å². The number of aromatic carboxylic acids is 1. The van der Waals surface area contributed by atoms with E-state index in [4.69, 9.17) is 16.7 Å². The largest absolute Gasteiger partial charge is 0.478 e. The fourth-order valence-electron chi connectivity index (χ4n) is 2.36. The number of hydrogen-bond acceptors (Lipinski definition) is 2. The molecule has 1 aliphatic rings. The van der Waals surface area contributed by atoms with Crippen molar-refractivity contribution in [3.63, 3.8) is 0 Å². The van der Waals surface area contributed by atoms with Crippen LogP contribution in [0.15, 0.2) is 18.2 Å². The van der Waals surface area contributed by atoms with Crippen LogP contribution in [0.1, 0.15) is 36.0 Å². The van der Waals surface area contributed by atoms with Crippen molar-refractivity contribution in [1.29, 1.82) is 0 Å². The van der Waals surface area contributed by atoms with Gasteiger partial charge in [0, 0.05) is 6.54 Å². The summed E-state index contributed by atoms with van der Waals surface area (Å²) in [7, 11) is 0. The molecule has 2 rings (SSSR count). The molecule has 1 aromatic rings. The number of rotatable bonds is 4. The van der Waals surface area contributed by atoms with E-state index in [1.807, 2.05) is 0 Å². The van der Waals surface area contributed by atoms with Gasteiger partial charge in [-0.25, -0.2) is 4.79 Å². The Balaban J connectivity index is 2.09. The molecular weight excluding hydrogens is 238 g/mol. The molecule has 0 saturated heterocycles. The number of benzene rings is 1. The summed E-state index contributed by atoms with van der Waals surface area (Å²) in [6.07, 6.45) is 5.04. The zero-order valence-electron chi connectivity index (χ0n) is 9.58. The molecule has 1 aliphatic carbocycles. The fourth-order valence-corrected chi connectivity index (χ4v) is 2.61. The smallest absolute Gasteiger partial charge is 0.339 e. The van der Waals surface area contributed by atoms with Crippen molar-refractivity contribution in [3.8, 4) is 0 Å². The standard InChI is InChI=1S/C13H16ClNO2/c14-10-6-3-7-11(12(10)13(16)17)15-8-9-4-1-2-5-9/h3,6-7,9,15H,1-2,4-5,8H2,(H,16,17). The van der Waals surface area contributed by atoms with Crippen LogP contribution in [0.4, 0.5) is 5.69 Å². The zero-order chi connectivity index (χ0) is 12.3. The number of halogens is 1. The van der Waals surface area contributed by atoms with Crippen LogP contribution < -0.4 is 5.32 Å². The van der Waals surface area contributed by atoms with E-state index < -0.39 is 5.97 Å². The number of carboxylic acid groups (broad SMARTS) is 1. The zero-order valence-corrected chi connectivity index (χ0v) is 10.3. The van der Waals surface area contributed by atoms with E-state index in [0.29, 0.717) is 11.6 Å². The highest BCUT2D eigenvalue weighted by atomic mass is 35.5. The minimum absolute atomic E-state index is 0.173. The van der Waals surface area contributed by atoms with Crippen LogP contribution in [0.25, 0.3) is 0 Å². The molecule has 0 aromatic heterocycles. The maximum Gasteiger partial charge on any atom is 0.339 e. The molecule has 0 radical (unpaired) electrons. The average molecular weight is 254 g/mol. The molecular formula is C13H16ClNO2. The van der Waals surface area contributed by atoms with Gasteiger partial charge >= 0.3 is 5.97 Å². The summed E-state index contributed by atoms with van der Waals surface area (Å²) < 4.78 is 0. The summed E-state index contributed by atoms with van der Waals surface area (Å²) >= 11 is 5.90. The van der Waals surface area contributed by atoms with Gasteiger partial charge in [-0.3, -0.25) is 0 Å². The van der Waals surface area contributed by atoms with Crippen LogP contribution >= 0.6 is 11.6 Å². The van der Waals surface area contributed by atoms with Crippen LogP contribution in [0.2, 0.25) is 5.02 Å². The lowest BCUT2D eigenvalue weighted by molar-refractivity contribution is 0.0698. The first-order valence-electron chi connectivity index (χ1n) is 5.94. The molecule has 0 bridgehead atoms. The van der Waals surface area contributed by atoms with Crippen molar-refractivity contribution in [2.45, 2.75) is 25.7 Å². The monoisotopic (exact) mass is 253 g/mol. The maximum atomic E-state index is 11.1. The summed E-state index contributed by atoms with van der Waals surface area (Å²) in [5.74, 6) is -0.319. The topological polar surface area (TPSA) is 49.3 Å². The number of anilines is 1. The Morgan fingerprint density at radius 1 is 1.41 bits per heavy atom. The molecule has 92 valence electrons. The summed E-state index contributed by atoms with van der Waals surface area (Å²) in [6.45, 7) is 0.834. The summed E-state index contributed by atoms with van der Waals surface area (Å²) in [5, 5.41) is 12.6. The van der Waals surface area contributed by atoms with Crippen LogP contribution in [0.5, 0.6) is 0 Å². The molecule has 0 amide bonds. The molecule has 3 nitrogen and oxygen atoms in total. The Kier molecular flexibility index (Phi) is 3.89. The SMILES string of the molecule is O=C(O)c1c(Cl)cccc1NCC1CCCC1. The van der Waals surface area contributed by atoms with Crippen molar-refractivity contribution in [2.24, 2.45) is 5.92 Å². The van der Waals surface area contributed by atoms with E-state index in [1.54, 1.807) is 18.2 Å². The van der Waals surface area contributed by atoms with E-state index in [0.717, 1.165) is 6.54 Å². The third-order valence-corrected chi connectivity index (χ3v) is 3.60. The molecule has 1 aromatic carbocycles. The van der Waals surface area contributed by atoms with E-state index >= 15 is 0 Å². The minimum Gasteiger partial charge on any atom is -0.478 e. The van der Waals surface area contributed by atoms with Gasteiger partial charge in [0.2, 0.25) is 0 Å². The van der Waals surface area contributed by atoms with Crippen LogP contribution in [0.3, 0.4) is 0 Å². The van der Waals surface area contributed by atoms with Crippen molar-refractivity contribution in [3.05, 3.63) is 28.8 Å². The lowest BCUT2D eigenvalue weighted by Crippen LogP contribution is -2.13. The van der Waals surface area contributed by atoms with Gasteiger partial charge < -0.3 is 10.4 Å². The minimum atomic E-state index is -0.982. The van der Waals surface area contributed by atoms with E-state index in [1.165, 1.54) is 25.7 Å². The van der Waals surface area contributed by atoms with E-state index in [9.17, 15) is 4.79 Å². The van der Waals surface area contributed by atoms with Crippen molar-refractivity contribution < 1.29 is 9.90 Å². The molecule has 17 heavy (non-hydrogen) atoms. The molecule has 0 atom stereocenters. The second-order valence-corrected chi connectivity index (χ2v) is 4.91. The first kappa shape index (κ1) is 12.2. The molecule has 0 heterocycles. The maximum absolute atomic E-state index is 11.1. The van der Waals surface area contributed by atoms with E-state index in [2.05, 4.69) is 5.32 Å². The van der Waals surface area contributed by atoms with Gasteiger partial charge in [-0.2, -0.15) is 0 Å². The molecule has 0 spiro atoms. The van der Waals surface area contributed by atoms with Crippen LogP contribution in [-0.4, -0.2) is 17.6 Å². The summed E-state index contributed by atoms with van der Waals surface area (Å²) in [4.78, 5) is 11.1. The predicted molar refractivity (Wildman–Crippen MR) is 68.9 cm³/mol. The Labute approximate surface area is 106 Å². The van der Waals surface area contributed by atoms with Gasteiger partial charge in [0.05, 0.1) is 10.7 Å². The second kappa shape index (κ2) is 5.41. The van der Waals surface area contributed by atoms with Gasteiger partial charge in [-0.1, -0.05) is 30.5 Å². The fraction of sp³-hybridized carbons (Fsp3) is 0.462. The van der Waals surface area contributed by atoms with Crippen molar-refractivity contribution >= 4 is 23.3 Å². The molecule has 4 heteroatoms. The number of nitrogens with one attached hydrogen (secondary N) is 1. The van der Waals surface area contributed by atoms with Crippen LogP contribution in [-0.2, 0) is 0 Å². The summed E-state index contributed by atoms with van der Waals surface area (Å²) in [6, 6.07) is 5.14. The predicted octanol–water partition coefficient (Wildman–Crippen LogP) is 3.64. The average Bonchev–Trinajstić information content (AvgIpc) is 2.78. The van der Waals surface area contributed by atoms with Gasteiger partial charge in [0.25, 0.3) is 0 Å². The lowest BCUT2D eigenvalue weighted by atomic mass is 10.1. The third kappa shape index (κ3) is 2.91. The van der Waals surface area contributed by atoms with Gasteiger partial charge in [0.1, 0.15) is 5.56 Å². The first-order valence-corrected chi connectivity index (χ1v) is 6.32. The normalized spacial score (nSPS) is 16.1. The highest BCUT2D eigenvalue weighted by Gasteiger charge is 2.17. The van der Waals surface area contributed by atoms with E-state index in [-0.39, 0.29) is 10.6 Å². The van der Waals surface area contributed by atoms with Crippen LogP contribution in [0, 0.1) is 5.92 Å². The Morgan fingerprint density at radius 3 is 2.76 bits per heavy atom. The lowest BCUT2D eigenvalue weighted by Gasteiger charge is -2.14. The molecule has 0 unspecified atom stereocenters. The number of carboxylic acids is 1. The Hall–Kier alpha value is -1.22. The van der Waals surface area contributed by atoms with Gasteiger partial charge in [-0.15, -0.1) is 0 Å². The first-order chi connectivity index (χ1) is 8.18. The van der Waals surface area contributed by atoms with Crippen molar-refractivity contribution in [2.75, 3.05) is 11.9 Å². The summed E-state index contributed by atoms with van der Waals surface area (Å²) in [5.41, 5.74) is 0.795. The number of carbonyl (C=O) groups is 1. The second-order valence-electron chi connectivity index (χ2n) is 4.50. The Bertz CT molecular complexity index is 414. The number of hydrogen-bond donors (Lipinski definition) is 2. The molecule has 1 saturated carbocycles.